The van der Waals surface area contributed by atoms with Gasteiger partial charge in [0.2, 0.25) is 11.8 Å². The fourth-order valence-electron chi connectivity index (χ4n) is 2.80. The van der Waals surface area contributed by atoms with Crippen LogP contribution in [0.3, 0.4) is 0 Å². The van der Waals surface area contributed by atoms with E-state index in [0.717, 1.165) is 22.0 Å². The van der Waals surface area contributed by atoms with Gasteiger partial charge in [-0.05, 0) is 40.0 Å². The van der Waals surface area contributed by atoms with Crippen molar-refractivity contribution in [3.63, 3.8) is 0 Å². The number of thioether (sulfide) groups is 1. The lowest BCUT2D eigenvalue weighted by Gasteiger charge is -2.07. The second kappa shape index (κ2) is 11.1. The van der Waals surface area contributed by atoms with Crippen LogP contribution < -0.4 is 10.6 Å². The standard InChI is InChI=1S/C24H24N2O2S/c27-23(14-17-29-16-13-19-6-2-1-3-7-19)25-15-12-24(28)26-22-11-10-20-8-4-5-9-21(20)18-22/h1-11,13,16,18H,12,14-15,17H2,(H,25,27)(H,26,28)/b16-13-. The number of carbonyl (C=O) groups excluding carboxylic acids is 2. The molecule has 0 bridgehead atoms. The zero-order chi connectivity index (χ0) is 20.3. The van der Waals surface area contributed by atoms with Crippen molar-refractivity contribution in [3.8, 4) is 0 Å². The predicted molar refractivity (Wildman–Crippen MR) is 123 cm³/mol. The topological polar surface area (TPSA) is 58.2 Å². The molecule has 4 nitrogen and oxygen atoms in total. The molecule has 29 heavy (non-hydrogen) atoms. The minimum Gasteiger partial charge on any atom is -0.356 e. The van der Waals surface area contributed by atoms with Crippen LogP contribution in [0.4, 0.5) is 5.69 Å². The summed E-state index contributed by atoms with van der Waals surface area (Å²) >= 11 is 1.60. The largest absolute Gasteiger partial charge is 0.356 e. The van der Waals surface area contributed by atoms with Gasteiger partial charge in [-0.3, -0.25) is 9.59 Å². The number of hydrogen-bond acceptors (Lipinski definition) is 3. The van der Waals surface area contributed by atoms with Crippen LogP contribution in [0.5, 0.6) is 0 Å². The second-order valence-electron chi connectivity index (χ2n) is 6.54. The summed E-state index contributed by atoms with van der Waals surface area (Å²) in [7, 11) is 0. The molecule has 0 saturated carbocycles. The van der Waals surface area contributed by atoms with Crippen molar-refractivity contribution in [2.45, 2.75) is 12.8 Å². The molecule has 5 heteroatoms. The summed E-state index contributed by atoms with van der Waals surface area (Å²) in [5.41, 5.74) is 1.91. The second-order valence-corrected chi connectivity index (χ2v) is 7.56. The number of nitrogens with one attached hydrogen (secondary N) is 2. The quantitative estimate of drug-likeness (QED) is 0.489. The monoisotopic (exact) mass is 404 g/mol. The Labute approximate surface area is 175 Å². The van der Waals surface area contributed by atoms with Crippen LogP contribution in [0.15, 0.2) is 78.2 Å². The van der Waals surface area contributed by atoms with Crippen molar-refractivity contribution in [1.82, 2.24) is 5.32 Å². The minimum atomic E-state index is -0.110. The van der Waals surface area contributed by atoms with Gasteiger partial charge in [-0.1, -0.05) is 60.7 Å². The number of carbonyl (C=O) groups is 2. The average Bonchev–Trinajstić information content (AvgIpc) is 2.74. The van der Waals surface area contributed by atoms with Crippen molar-refractivity contribution in [3.05, 3.63) is 83.8 Å². The fraction of sp³-hybridized carbons (Fsp3) is 0.167. The molecular formula is C24H24N2O2S. The summed E-state index contributed by atoms with van der Waals surface area (Å²) in [6, 6.07) is 23.9. The Balaban J connectivity index is 1.31. The maximum absolute atomic E-state index is 12.1. The van der Waals surface area contributed by atoms with Crippen LogP contribution in [0.25, 0.3) is 16.8 Å². The number of anilines is 1. The maximum Gasteiger partial charge on any atom is 0.226 e. The Morgan fingerprint density at radius 3 is 2.41 bits per heavy atom. The third kappa shape index (κ3) is 7.12. The highest BCUT2D eigenvalue weighted by molar-refractivity contribution is 8.02. The summed E-state index contributed by atoms with van der Waals surface area (Å²) in [5.74, 6) is 0.559. The van der Waals surface area contributed by atoms with E-state index in [1.807, 2.05) is 84.3 Å². The van der Waals surface area contributed by atoms with Gasteiger partial charge < -0.3 is 10.6 Å². The lowest BCUT2D eigenvalue weighted by molar-refractivity contribution is -0.120. The van der Waals surface area contributed by atoms with Gasteiger partial charge in [0.15, 0.2) is 0 Å². The third-order valence-electron chi connectivity index (χ3n) is 4.31. The molecule has 0 heterocycles. The lowest BCUT2D eigenvalue weighted by Crippen LogP contribution is -2.27. The highest BCUT2D eigenvalue weighted by Gasteiger charge is 2.05. The Morgan fingerprint density at radius 2 is 1.59 bits per heavy atom. The molecular weight excluding hydrogens is 380 g/mol. The highest BCUT2D eigenvalue weighted by atomic mass is 32.2. The van der Waals surface area contributed by atoms with Crippen LogP contribution in [0.1, 0.15) is 18.4 Å². The van der Waals surface area contributed by atoms with Crippen molar-refractivity contribution >= 4 is 46.1 Å². The molecule has 0 radical (unpaired) electrons. The molecule has 3 rings (SSSR count). The number of benzene rings is 3. The van der Waals surface area contributed by atoms with E-state index in [1.165, 1.54) is 0 Å². The fourth-order valence-corrected chi connectivity index (χ4v) is 3.50. The van der Waals surface area contributed by atoms with Crippen LogP contribution in [-0.2, 0) is 9.59 Å². The van der Waals surface area contributed by atoms with Crippen molar-refractivity contribution in [2.24, 2.45) is 0 Å². The molecule has 0 atom stereocenters. The van der Waals surface area contributed by atoms with Crippen LogP contribution in [0, 0.1) is 0 Å². The Bertz CT molecular complexity index is 986. The van der Waals surface area contributed by atoms with E-state index >= 15 is 0 Å². The maximum atomic E-state index is 12.1. The van der Waals surface area contributed by atoms with E-state index in [0.29, 0.717) is 18.7 Å². The SMILES string of the molecule is O=C(CCS/C=C\c1ccccc1)NCCC(=O)Nc1ccc2ccccc2c1. The number of fused-ring (bicyclic) bond motifs is 1. The van der Waals surface area contributed by atoms with E-state index in [1.54, 1.807) is 11.8 Å². The molecule has 2 N–H and O–H groups in total. The van der Waals surface area contributed by atoms with E-state index in [4.69, 9.17) is 0 Å². The Morgan fingerprint density at radius 1 is 0.828 bits per heavy atom. The molecule has 0 fully saturated rings. The van der Waals surface area contributed by atoms with E-state index in [-0.39, 0.29) is 18.2 Å². The summed E-state index contributed by atoms with van der Waals surface area (Å²) in [6.07, 6.45) is 2.70. The first-order chi connectivity index (χ1) is 14.2. The molecule has 0 spiro atoms. The lowest BCUT2D eigenvalue weighted by atomic mass is 10.1. The van der Waals surface area contributed by atoms with Crippen molar-refractivity contribution in [1.29, 1.82) is 0 Å². The van der Waals surface area contributed by atoms with E-state index in [2.05, 4.69) is 10.6 Å². The third-order valence-corrected chi connectivity index (χ3v) is 5.08. The first-order valence-electron chi connectivity index (χ1n) is 9.59. The van der Waals surface area contributed by atoms with Crippen LogP contribution in [0.2, 0.25) is 0 Å². The Kier molecular flexibility index (Phi) is 7.90. The Hall–Kier alpha value is -3.05. The first-order valence-corrected chi connectivity index (χ1v) is 10.6. The summed E-state index contributed by atoms with van der Waals surface area (Å²) < 4.78 is 0. The van der Waals surface area contributed by atoms with Gasteiger partial charge in [0.25, 0.3) is 0 Å². The molecule has 148 valence electrons. The molecule has 0 aliphatic heterocycles. The molecule has 0 aromatic heterocycles. The molecule has 0 saturated heterocycles. The highest BCUT2D eigenvalue weighted by Crippen LogP contribution is 2.18. The molecule has 3 aromatic rings. The summed E-state index contributed by atoms with van der Waals surface area (Å²) in [5, 5.41) is 9.89. The summed E-state index contributed by atoms with van der Waals surface area (Å²) in [4.78, 5) is 24.0. The minimum absolute atomic E-state index is 0.0379. The van der Waals surface area contributed by atoms with Crippen molar-refractivity contribution < 1.29 is 9.59 Å². The van der Waals surface area contributed by atoms with Gasteiger partial charge in [-0.25, -0.2) is 0 Å². The number of amides is 2. The van der Waals surface area contributed by atoms with Gasteiger partial charge in [0, 0.05) is 30.8 Å². The summed E-state index contributed by atoms with van der Waals surface area (Å²) in [6.45, 7) is 0.336. The van der Waals surface area contributed by atoms with Crippen molar-refractivity contribution in [2.75, 3.05) is 17.6 Å². The van der Waals surface area contributed by atoms with Gasteiger partial charge in [0.1, 0.15) is 0 Å². The van der Waals surface area contributed by atoms with Gasteiger partial charge in [0.05, 0.1) is 0 Å². The molecule has 2 amide bonds. The van der Waals surface area contributed by atoms with E-state index in [9.17, 15) is 9.59 Å². The van der Waals surface area contributed by atoms with Crippen LogP contribution in [-0.4, -0.2) is 24.1 Å². The molecule has 0 aliphatic rings. The number of hydrogen-bond donors (Lipinski definition) is 2. The molecule has 0 unspecified atom stereocenters. The number of rotatable bonds is 9. The molecule has 3 aromatic carbocycles. The van der Waals surface area contributed by atoms with Gasteiger partial charge >= 0.3 is 0 Å². The first kappa shape index (κ1) is 20.7. The molecule has 0 aliphatic carbocycles. The zero-order valence-corrected chi connectivity index (χ0v) is 17.0. The van der Waals surface area contributed by atoms with Gasteiger partial charge in [-0.2, -0.15) is 0 Å². The smallest absolute Gasteiger partial charge is 0.226 e. The van der Waals surface area contributed by atoms with E-state index < -0.39 is 0 Å². The average molecular weight is 405 g/mol. The normalized spacial score (nSPS) is 10.9. The predicted octanol–water partition coefficient (Wildman–Crippen LogP) is 5.08. The van der Waals surface area contributed by atoms with Crippen LogP contribution >= 0.6 is 11.8 Å². The zero-order valence-electron chi connectivity index (χ0n) is 16.1. The van der Waals surface area contributed by atoms with Gasteiger partial charge in [-0.15, -0.1) is 11.8 Å².